The molecule has 0 radical (unpaired) electrons. The van der Waals surface area contributed by atoms with Crippen LogP contribution < -0.4 is 0 Å². The molecule has 14 heavy (non-hydrogen) atoms. The Balaban J connectivity index is 2.31. The smallest absolute Gasteiger partial charge is 0.143 e. The quantitative estimate of drug-likeness (QED) is 0.718. The van der Waals surface area contributed by atoms with Crippen molar-refractivity contribution in [1.82, 2.24) is 14.8 Å². The Kier molecular flexibility index (Phi) is 2.35. The van der Waals surface area contributed by atoms with Crippen LogP contribution in [-0.4, -0.2) is 20.5 Å². The number of carbonyl (C=O) groups excluding carboxylic acids is 1. The van der Waals surface area contributed by atoms with Crippen LogP contribution in [-0.2, 0) is 4.79 Å². The fourth-order valence-corrected chi connectivity index (χ4v) is 2.00. The second-order valence-electron chi connectivity index (χ2n) is 4.07. The van der Waals surface area contributed by atoms with E-state index < -0.39 is 0 Å². The standard InChI is InChI=1S/C10H15N3O/c1-7(2)13-10(11-6-12-13)8-4-3-5-9(8)14/h6-8H,3-5H2,1-2H3. The molecule has 1 saturated carbocycles. The summed E-state index contributed by atoms with van der Waals surface area (Å²) in [6.07, 6.45) is 4.18. The van der Waals surface area contributed by atoms with Crippen molar-refractivity contribution in [3.05, 3.63) is 12.2 Å². The molecule has 1 heterocycles. The lowest BCUT2D eigenvalue weighted by Gasteiger charge is -2.12. The van der Waals surface area contributed by atoms with E-state index in [0.29, 0.717) is 12.2 Å². The van der Waals surface area contributed by atoms with Crippen molar-refractivity contribution in [2.75, 3.05) is 0 Å². The van der Waals surface area contributed by atoms with Gasteiger partial charge in [-0.1, -0.05) is 0 Å². The maximum atomic E-state index is 11.6. The van der Waals surface area contributed by atoms with Gasteiger partial charge in [-0.05, 0) is 26.7 Å². The third-order valence-electron chi connectivity index (χ3n) is 2.71. The second kappa shape index (κ2) is 3.52. The van der Waals surface area contributed by atoms with Crippen molar-refractivity contribution < 1.29 is 4.79 Å². The second-order valence-corrected chi connectivity index (χ2v) is 4.07. The van der Waals surface area contributed by atoms with E-state index in [0.717, 1.165) is 18.7 Å². The molecule has 0 N–H and O–H groups in total. The van der Waals surface area contributed by atoms with Gasteiger partial charge in [0.15, 0.2) is 0 Å². The van der Waals surface area contributed by atoms with E-state index >= 15 is 0 Å². The maximum Gasteiger partial charge on any atom is 0.143 e. The van der Waals surface area contributed by atoms with Crippen LogP contribution in [0.2, 0.25) is 0 Å². The third-order valence-corrected chi connectivity index (χ3v) is 2.71. The Morgan fingerprint density at radius 2 is 2.36 bits per heavy atom. The molecule has 0 saturated heterocycles. The average Bonchev–Trinajstić information content (AvgIpc) is 2.70. The Labute approximate surface area is 83.3 Å². The molecule has 0 spiro atoms. The van der Waals surface area contributed by atoms with E-state index in [1.807, 2.05) is 4.68 Å². The molecule has 1 atom stereocenters. The van der Waals surface area contributed by atoms with E-state index in [4.69, 9.17) is 0 Å². The number of hydrogen-bond donors (Lipinski definition) is 0. The van der Waals surface area contributed by atoms with Gasteiger partial charge in [-0.2, -0.15) is 5.10 Å². The van der Waals surface area contributed by atoms with Crippen LogP contribution in [0.15, 0.2) is 6.33 Å². The van der Waals surface area contributed by atoms with Crippen LogP contribution in [0.25, 0.3) is 0 Å². The van der Waals surface area contributed by atoms with Crippen molar-refractivity contribution in [3.63, 3.8) is 0 Å². The number of Topliss-reactive ketones (excluding diaryl/α,β-unsaturated/α-hetero) is 1. The fraction of sp³-hybridized carbons (Fsp3) is 0.700. The summed E-state index contributed by atoms with van der Waals surface area (Å²) in [6, 6.07) is 0.279. The highest BCUT2D eigenvalue weighted by atomic mass is 16.1. The molecule has 0 amide bonds. The Morgan fingerprint density at radius 1 is 1.57 bits per heavy atom. The first-order valence-corrected chi connectivity index (χ1v) is 5.12. The summed E-state index contributed by atoms with van der Waals surface area (Å²) in [7, 11) is 0. The molecular weight excluding hydrogens is 178 g/mol. The third kappa shape index (κ3) is 1.45. The number of aromatic nitrogens is 3. The van der Waals surface area contributed by atoms with Gasteiger partial charge in [-0.25, -0.2) is 9.67 Å². The lowest BCUT2D eigenvalue weighted by molar-refractivity contribution is -0.118. The van der Waals surface area contributed by atoms with Gasteiger partial charge >= 0.3 is 0 Å². The van der Waals surface area contributed by atoms with Gasteiger partial charge in [0.1, 0.15) is 17.9 Å². The van der Waals surface area contributed by atoms with Crippen LogP contribution in [0, 0.1) is 0 Å². The predicted octanol–water partition coefficient (Wildman–Crippen LogP) is 1.70. The van der Waals surface area contributed by atoms with Crippen molar-refractivity contribution in [2.24, 2.45) is 0 Å². The zero-order valence-corrected chi connectivity index (χ0v) is 8.60. The lowest BCUT2D eigenvalue weighted by Crippen LogP contribution is -2.15. The van der Waals surface area contributed by atoms with E-state index in [-0.39, 0.29) is 12.0 Å². The normalized spacial score (nSPS) is 22.2. The van der Waals surface area contributed by atoms with Crippen LogP contribution in [0.5, 0.6) is 0 Å². The highest BCUT2D eigenvalue weighted by Gasteiger charge is 2.30. The van der Waals surface area contributed by atoms with Crippen LogP contribution in [0.3, 0.4) is 0 Å². The van der Waals surface area contributed by atoms with Crippen molar-refractivity contribution in [3.8, 4) is 0 Å². The molecule has 4 nitrogen and oxygen atoms in total. The van der Waals surface area contributed by atoms with Crippen molar-refractivity contribution in [2.45, 2.75) is 45.1 Å². The first-order chi connectivity index (χ1) is 6.70. The van der Waals surface area contributed by atoms with Crippen molar-refractivity contribution in [1.29, 1.82) is 0 Å². The number of ketones is 1. The minimum atomic E-state index is -0.0000926. The van der Waals surface area contributed by atoms with Crippen LogP contribution in [0.4, 0.5) is 0 Å². The molecule has 1 fully saturated rings. The summed E-state index contributed by atoms with van der Waals surface area (Å²) in [6.45, 7) is 4.11. The summed E-state index contributed by atoms with van der Waals surface area (Å²) in [5.41, 5.74) is 0. The van der Waals surface area contributed by atoms with Gasteiger partial charge in [-0.15, -0.1) is 0 Å². The monoisotopic (exact) mass is 193 g/mol. The molecule has 0 aliphatic heterocycles. The number of rotatable bonds is 2. The molecule has 0 bridgehead atoms. The molecule has 4 heteroatoms. The zero-order chi connectivity index (χ0) is 10.1. The molecular formula is C10H15N3O. The highest BCUT2D eigenvalue weighted by molar-refractivity contribution is 5.86. The largest absolute Gasteiger partial charge is 0.299 e. The average molecular weight is 193 g/mol. The van der Waals surface area contributed by atoms with Crippen LogP contribution >= 0.6 is 0 Å². The highest BCUT2D eigenvalue weighted by Crippen LogP contribution is 2.30. The zero-order valence-electron chi connectivity index (χ0n) is 8.60. The predicted molar refractivity (Wildman–Crippen MR) is 52.0 cm³/mol. The molecule has 1 aliphatic rings. The molecule has 1 aromatic rings. The summed E-state index contributed by atoms with van der Waals surface area (Å²) in [4.78, 5) is 15.8. The summed E-state index contributed by atoms with van der Waals surface area (Å²) >= 11 is 0. The Hall–Kier alpha value is -1.19. The summed E-state index contributed by atoms with van der Waals surface area (Å²) in [5.74, 6) is 1.17. The molecule has 1 unspecified atom stereocenters. The van der Waals surface area contributed by atoms with Gasteiger partial charge in [0, 0.05) is 12.5 Å². The van der Waals surface area contributed by atoms with Crippen LogP contribution in [0.1, 0.15) is 50.9 Å². The molecule has 0 aromatic carbocycles. The van der Waals surface area contributed by atoms with E-state index in [9.17, 15) is 4.79 Å². The van der Waals surface area contributed by atoms with Gasteiger partial charge < -0.3 is 0 Å². The first-order valence-electron chi connectivity index (χ1n) is 5.12. The number of nitrogens with zero attached hydrogens (tertiary/aromatic N) is 3. The molecule has 1 aromatic heterocycles. The lowest BCUT2D eigenvalue weighted by atomic mass is 10.1. The van der Waals surface area contributed by atoms with E-state index in [1.54, 1.807) is 6.33 Å². The van der Waals surface area contributed by atoms with Gasteiger partial charge in [0.25, 0.3) is 0 Å². The molecule has 1 aliphatic carbocycles. The Bertz CT molecular complexity index is 343. The van der Waals surface area contributed by atoms with E-state index in [1.165, 1.54) is 0 Å². The minimum absolute atomic E-state index is 0.0000926. The van der Waals surface area contributed by atoms with E-state index in [2.05, 4.69) is 23.9 Å². The van der Waals surface area contributed by atoms with Gasteiger partial charge in [0.05, 0.1) is 5.92 Å². The number of carbonyl (C=O) groups is 1. The topological polar surface area (TPSA) is 47.8 Å². The van der Waals surface area contributed by atoms with Crippen molar-refractivity contribution >= 4 is 5.78 Å². The van der Waals surface area contributed by atoms with Gasteiger partial charge in [-0.3, -0.25) is 4.79 Å². The minimum Gasteiger partial charge on any atom is -0.299 e. The summed E-state index contributed by atoms with van der Waals surface area (Å²) < 4.78 is 1.86. The molecule has 2 rings (SSSR count). The number of hydrogen-bond acceptors (Lipinski definition) is 3. The molecule has 76 valence electrons. The maximum absolute atomic E-state index is 11.6. The SMILES string of the molecule is CC(C)n1ncnc1C1CCCC1=O. The van der Waals surface area contributed by atoms with Gasteiger partial charge in [0.2, 0.25) is 0 Å². The Morgan fingerprint density at radius 3 is 2.93 bits per heavy atom. The fourth-order valence-electron chi connectivity index (χ4n) is 2.00. The summed E-state index contributed by atoms with van der Waals surface area (Å²) in [5, 5.41) is 4.15. The first kappa shape index (κ1) is 9.37.